The van der Waals surface area contributed by atoms with Crippen LogP contribution in [0.2, 0.25) is 0 Å². The summed E-state index contributed by atoms with van der Waals surface area (Å²) in [4.78, 5) is 0. The van der Waals surface area contributed by atoms with Gasteiger partial charge < -0.3 is 0 Å². The van der Waals surface area contributed by atoms with Gasteiger partial charge in [-0.15, -0.1) is 0 Å². The van der Waals surface area contributed by atoms with Crippen molar-refractivity contribution in [2.24, 2.45) is 5.41 Å². The Bertz CT molecular complexity index is 900. The molecule has 0 N–H and O–H groups in total. The number of rotatable bonds is 7. The van der Waals surface area contributed by atoms with Gasteiger partial charge in [0.15, 0.2) is 0 Å². The third-order valence-electron chi connectivity index (χ3n) is 5.87. The molecule has 1 unspecified atom stereocenters. The minimum atomic E-state index is -0.0420. The summed E-state index contributed by atoms with van der Waals surface area (Å²) in [5.41, 5.74) is 6.61. The minimum absolute atomic E-state index is 0.0420. The maximum absolute atomic E-state index is 3.69. The van der Waals surface area contributed by atoms with Crippen molar-refractivity contribution in [3.63, 3.8) is 0 Å². The van der Waals surface area contributed by atoms with Gasteiger partial charge >= 0.3 is 0 Å². The summed E-state index contributed by atoms with van der Waals surface area (Å²) in [5, 5.41) is 0. The van der Waals surface area contributed by atoms with Crippen molar-refractivity contribution < 1.29 is 0 Å². The standard InChI is InChI=1S/C29H34/c1-4-6-10-20-29(21-18-26-16-14-25(11-5-2)15-17-26)22-19-28(24(3)23-29)27-12-8-7-9-13-27/h7-9,12-17,19,22H,4-6,10-11,20,23H2,1-3H3. The molecule has 2 aromatic rings. The van der Waals surface area contributed by atoms with E-state index >= 15 is 0 Å². The van der Waals surface area contributed by atoms with Crippen molar-refractivity contribution in [2.45, 2.75) is 65.7 Å². The second-order valence-corrected chi connectivity index (χ2v) is 8.38. The average Bonchev–Trinajstić information content (AvgIpc) is 2.75. The van der Waals surface area contributed by atoms with Crippen LogP contribution in [0.3, 0.4) is 0 Å². The Morgan fingerprint density at radius 3 is 2.31 bits per heavy atom. The molecule has 1 aliphatic carbocycles. The summed E-state index contributed by atoms with van der Waals surface area (Å²) >= 11 is 0. The molecule has 0 heteroatoms. The van der Waals surface area contributed by atoms with E-state index in [-0.39, 0.29) is 5.41 Å². The number of aryl methyl sites for hydroxylation is 1. The Hall–Kier alpha value is -2.52. The molecular formula is C29H34. The highest BCUT2D eigenvalue weighted by molar-refractivity contribution is 5.78. The van der Waals surface area contributed by atoms with Crippen LogP contribution < -0.4 is 0 Å². The van der Waals surface area contributed by atoms with Crippen molar-refractivity contribution >= 4 is 5.57 Å². The molecule has 0 nitrogen and oxygen atoms in total. The molecule has 0 saturated carbocycles. The van der Waals surface area contributed by atoms with Crippen molar-refractivity contribution in [1.29, 1.82) is 0 Å². The molecule has 29 heavy (non-hydrogen) atoms. The molecule has 1 atom stereocenters. The fourth-order valence-corrected chi connectivity index (χ4v) is 4.22. The molecule has 0 bridgehead atoms. The smallest absolute Gasteiger partial charge is 0.0537 e. The summed E-state index contributed by atoms with van der Waals surface area (Å²) in [7, 11) is 0. The molecular weight excluding hydrogens is 348 g/mol. The van der Waals surface area contributed by atoms with Gasteiger partial charge in [-0.05, 0) is 55.0 Å². The first-order valence-corrected chi connectivity index (χ1v) is 11.2. The Kier molecular flexibility index (Phi) is 7.54. The van der Waals surface area contributed by atoms with Crippen molar-refractivity contribution in [3.05, 3.63) is 89.0 Å². The first-order valence-electron chi connectivity index (χ1n) is 11.2. The molecule has 0 aliphatic heterocycles. The van der Waals surface area contributed by atoms with Gasteiger partial charge in [0.25, 0.3) is 0 Å². The van der Waals surface area contributed by atoms with Crippen molar-refractivity contribution in [3.8, 4) is 11.8 Å². The van der Waals surface area contributed by atoms with Crippen LogP contribution in [0, 0.1) is 17.3 Å². The Labute approximate surface area is 177 Å². The summed E-state index contributed by atoms with van der Waals surface area (Å²) in [6, 6.07) is 19.6. The van der Waals surface area contributed by atoms with Crippen molar-refractivity contribution in [2.75, 3.05) is 0 Å². The quantitative estimate of drug-likeness (QED) is 0.336. The summed E-state index contributed by atoms with van der Waals surface area (Å²) in [5.74, 6) is 7.20. The van der Waals surface area contributed by atoms with Crippen LogP contribution in [0.25, 0.3) is 5.57 Å². The third-order valence-corrected chi connectivity index (χ3v) is 5.87. The van der Waals surface area contributed by atoms with E-state index in [1.54, 1.807) is 0 Å². The SMILES string of the molecule is CCCCCC1(C#Cc2ccc(CCC)cc2)C=CC(c2ccccc2)=C(C)C1. The maximum Gasteiger partial charge on any atom is 0.0537 e. The van der Waals surface area contributed by atoms with Gasteiger partial charge in [0, 0.05) is 5.56 Å². The van der Waals surface area contributed by atoms with E-state index in [9.17, 15) is 0 Å². The van der Waals surface area contributed by atoms with Crippen LogP contribution in [-0.4, -0.2) is 0 Å². The van der Waals surface area contributed by atoms with E-state index in [0.717, 1.165) is 24.8 Å². The molecule has 0 radical (unpaired) electrons. The van der Waals surface area contributed by atoms with Crippen LogP contribution in [0.15, 0.2) is 72.3 Å². The zero-order valence-electron chi connectivity index (χ0n) is 18.3. The van der Waals surface area contributed by atoms with E-state index < -0.39 is 0 Å². The second-order valence-electron chi connectivity index (χ2n) is 8.38. The van der Waals surface area contributed by atoms with E-state index in [2.05, 4.69) is 99.4 Å². The molecule has 3 rings (SSSR count). The molecule has 150 valence electrons. The summed E-state index contributed by atoms with van der Waals surface area (Å²) in [6.07, 6.45) is 13.0. The molecule has 0 spiro atoms. The highest BCUT2D eigenvalue weighted by Gasteiger charge is 2.28. The number of hydrogen-bond donors (Lipinski definition) is 0. The molecule has 0 saturated heterocycles. The fraction of sp³-hybridized carbons (Fsp3) is 0.379. The third kappa shape index (κ3) is 5.74. The van der Waals surface area contributed by atoms with E-state index in [0.29, 0.717) is 0 Å². The minimum Gasteiger partial charge on any atom is -0.0866 e. The average molecular weight is 383 g/mol. The van der Waals surface area contributed by atoms with Gasteiger partial charge in [0.1, 0.15) is 0 Å². The Morgan fingerprint density at radius 1 is 0.897 bits per heavy atom. The second kappa shape index (κ2) is 10.3. The van der Waals surface area contributed by atoms with Crippen LogP contribution in [-0.2, 0) is 6.42 Å². The Balaban J connectivity index is 1.85. The number of benzene rings is 2. The predicted molar refractivity (Wildman–Crippen MR) is 127 cm³/mol. The van der Waals surface area contributed by atoms with Gasteiger partial charge in [-0.3, -0.25) is 0 Å². The fourth-order valence-electron chi connectivity index (χ4n) is 4.22. The predicted octanol–water partition coefficient (Wildman–Crippen LogP) is 7.99. The topological polar surface area (TPSA) is 0 Å². The lowest BCUT2D eigenvalue weighted by molar-refractivity contribution is 0.434. The largest absolute Gasteiger partial charge is 0.0866 e. The molecule has 0 aromatic heterocycles. The number of allylic oxidation sites excluding steroid dienone is 4. The lowest BCUT2D eigenvalue weighted by Gasteiger charge is -2.30. The van der Waals surface area contributed by atoms with Gasteiger partial charge in [-0.1, -0.05) is 112 Å². The van der Waals surface area contributed by atoms with Crippen LogP contribution in [0.1, 0.15) is 76.0 Å². The zero-order chi connectivity index (χ0) is 20.5. The summed E-state index contributed by atoms with van der Waals surface area (Å²) < 4.78 is 0. The van der Waals surface area contributed by atoms with Crippen LogP contribution >= 0.6 is 0 Å². The monoisotopic (exact) mass is 382 g/mol. The highest BCUT2D eigenvalue weighted by atomic mass is 14.3. The molecule has 0 amide bonds. The zero-order valence-corrected chi connectivity index (χ0v) is 18.3. The van der Waals surface area contributed by atoms with Gasteiger partial charge in [0.05, 0.1) is 5.41 Å². The van der Waals surface area contributed by atoms with E-state index in [1.807, 2.05) is 0 Å². The number of unbranched alkanes of at least 4 members (excludes halogenated alkanes) is 2. The maximum atomic E-state index is 3.69. The highest BCUT2D eigenvalue weighted by Crippen LogP contribution is 2.41. The van der Waals surface area contributed by atoms with Crippen LogP contribution in [0.5, 0.6) is 0 Å². The molecule has 0 heterocycles. The van der Waals surface area contributed by atoms with Crippen molar-refractivity contribution in [1.82, 2.24) is 0 Å². The molecule has 1 aliphatic rings. The van der Waals surface area contributed by atoms with Gasteiger partial charge in [0.2, 0.25) is 0 Å². The molecule has 0 fully saturated rings. The van der Waals surface area contributed by atoms with E-state index in [4.69, 9.17) is 0 Å². The van der Waals surface area contributed by atoms with E-state index in [1.165, 1.54) is 48.0 Å². The first kappa shape index (κ1) is 21.2. The normalized spacial score (nSPS) is 18.4. The first-order chi connectivity index (χ1) is 14.2. The van der Waals surface area contributed by atoms with Gasteiger partial charge in [-0.2, -0.15) is 0 Å². The Morgan fingerprint density at radius 2 is 1.66 bits per heavy atom. The number of hydrogen-bond acceptors (Lipinski definition) is 0. The van der Waals surface area contributed by atoms with Gasteiger partial charge in [-0.25, -0.2) is 0 Å². The molecule has 2 aromatic carbocycles. The lowest BCUT2D eigenvalue weighted by atomic mass is 9.73. The van der Waals surface area contributed by atoms with Crippen LogP contribution in [0.4, 0.5) is 0 Å². The summed E-state index contributed by atoms with van der Waals surface area (Å²) in [6.45, 7) is 6.77. The lowest BCUT2D eigenvalue weighted by Crippen LogP contribution is -2.19.